The van der Waals surface area contributed by atoms with E-state index >= 15 is 0 Å². The second kappa shape index (κ2) is 9.98. The van der Waals surface area contributed by atoms with Crippen molar-refractivity contribution >= 4 is 73.3 Å². The molecule has 2 N–H and O–H groups in total. The van der Waals surface area contributed by atoms with Gasteiger partial charge in [0.15, 0.2) is 4.34 Å². The Bertz CT molecular complexity index is 1130. The van der Waals surface area contributed by atoms with Crippen molar-refractivity contribution in [2.75, 3.05) is 16.4 Å². The molecule has 3 rings (SSSR count). The van der Waals surface area contributed by atoms with Crippen LogP contribution in [0, 0.1) is 0 Å². The molecule has 0 unspecified atom stereocenters. The molecule has 0 radical (unpaired) electrons. The minimum Gasteiger partial charge on any atom is -0.324 e. The third-order valence-corrected chi connectivity index (χ3v) is 6.63. The number of halogens is 5. The van der Waals surface area contributed by atoms with Crippen LogP contribution in [0.5, 0.6) is 0 Å². The molecule has 3 aromatic rings. The normalized spacial score (nSPS) is 11.3. The van der Waals surface area contributed by atoms with Crippen LogP contribution in [0.25, 0.3) is 0 Å². The lowest BCUT2D eigenvalue weighted by molar-refractivity contribution is -0.137. The maximum absolute atomic E-state index is 12.8. The zero-order chi connectivity index (χ0) is 22.6. The van der Waals surface area contributed by atoms with Crippen LogP contribution in [0.15, 0.2) is 51.3 Å². The molecule has 0 aliphatic carbocycles. The van der Waals surface area contributed by atoms with Crippen molar-refractivity contribution < 1.29 is 22.8 Å². The Morgan fingerprint density at radius 2 is 1.87 bits per heavy atom. The number of rotatable bonds is 6. The minimum atomic E-state index is -4.55. The van der Waals surface area contributed by atoms with E-state index in [1.54, 1.807) is 24.3 Å². The largest absolute Gasteiger partial charge is 0.416 e. The number of amides is 2. The van der Waals surface area contributed by atoms with Crippen molar-refractivity contribution in [1.29, 1.82) is 0 Å². The monoisotopic (exact) mass is 550 g/mol. The second-order valence-electron chi connectivity index (χ2n) is 5.84. The lowest BCUT2D eigenvalue weighted by atomic mass is 10.2. The lowest BCUT2D eigenvalue weighted by Gasteiger charge is -2.11. The first kappa shape index (κ1) is 23.5. The average molecular weight is 552 g/mol. The van der Waals surface area contributed by atoms with Gasteiger partial charge in [0.05, 0.1) is 27.6 Å². The molecule has 6 nitrogen and oxygen atoms in total. The van der Waals surface area contributed by atoms with Gasteiger partial charge in [0.1, 0.15) is 0 Å². The van der Waals surface area contributed by atoms with E-state index in [0.29, 0.717) is 14.4 Å². The zero-order valence-corrected chi connectivity index (χ0v) is 19.1. The molecule has 0 atom stereocenters. The summed E-state index contributed by atoms with van der Waals surface area (Å²) in [6.07, 6.45) is -4.55. The van der Waals surface area contributed by atoms with Crippen LogP contribution in [0.4, 0.5) is 24.0 Å². The van der Waals surface area contributed by atoms with Crippen molar-refractivity contribution in [2.24, 2.45) is 0 Å². The summed E-state index contributed by atoms with van der Waals surface area (Å²) >= 11 is 11.2. The van der Waals surface area contributed by atoms with Gasteiger partial charge in [-0.2, -0.15) is 13.2 Å². The van der Waals surface area contributed by atoms with Crippen LogP contribution < -0.4 is 10.6 Å². The summed E-state index contributed by atoms with van der Waals surface area (Å²) in [5, 5.41) is 12.9. The number of hydrogen-bond donors (Lipinski definition) is 2. The molecule has 0 aliphatic rings. The van der Waals surface area contributed by atoms with E-state index in [-0.39, 0.29) is 27.5 Å². The molecule has 0 spiro atoms. The highest BCUT2D eigenvalue weighted by Gasteiger charge is 2.31. The molecular weight excluding hydrogens is 541 g/mol. The summed E-state index contributed by atoms with van der Waals surface area (Å²) in [5.41, 5.74) is -0.639. The van der Waals surface area contributed by atoms with E-state index in [4.69, 9.17) is 11.6 Å². The van der Waals surface area contributed by atoms with Crippen LogP contribution >= 0.6 is 50.6 Å². The van der Waals surface area contributed by atoms with Gasteiger partial charge in [0, 0.05) is 4.47 Å². The quantitative estimate of drug-likeness (QED) is 0.292. The van der Waals surface area contributed by atoms with E-state index in [9.17, 15) is 22.8 Å². The van der Waals surface area contributed by atoms with E-state index < -0.39 is 17.6 Å². The predicted molar refractivity (Wildman–Crippen MR) is 118 cm³/mol. The Morgan fingerprint density at radius 3 is 2.58 bits per heavy atom. The smallest absolute Gasteiger partial charge is 0.324 e. The van der Waals surface area contributed by atoms with Crippen molar-refractivity contribution in [1.82, 2.24) is 10.2 Å². The first-order chi connectivity index (χ1) is 14.6. The van der Waals surface area contributed by atoms with Crippen LogP contribution in [-0.2, 0) is 11.0 Å². The highest BCUT2D eigenvalue weighted by Crippen LogP contribution is 2.34. The van der Waals surface area contributed by atoms with Crippen molar-refractivity contribution in [2.45, 2.75) is 10.5 Å². The zero-order valence-electron chi connectivity index (χ0n) is 15.2. The predicted octanol–water partition coefficient (Wildman–Crippen LogP) is 5.96. The number of thioether (sulfide) groups is 1. The van der Waals surface area contributed by atoms with E-state index in [1.807, 2.05) is 0 Å². The molecule has 0 aliphatic heterocycles. The Balaban J connectivity index is 1.57. The number of carbonyl (C=O) groups is 2. The Kier molecular flexibility index (Phi) is 7.57. The van der Waals surface area contributed by atoms with E-state index in [1.165, 1.54) is 0 Å². The van der Waals surface area contributed by atoms with Gasteiger partial charge in [-0.25, -0.2) is 0 Å². The van der Waals surface area contributed by atoms with Gasteiger partial charge in [-0.1, -0.05) is 46.8 Å². The fraction of sp³-hybridized carbons (Fsp3) is 0.111. The van der Waals surface area contributed by atoms with Gasteiger partial charge >= 0.3 is 6.18 Å². The fourth-order valence-corrected chi connectivity index (χ4v) is 4.42. The summed E-state index contributed by atoms with van der Waals surface area (Å²) < 4.78 is 39.5. The van der Waals surface area contributed by atoms with Gasteiger partial charge < -0.3 is 5.32 Å². The number of alkyl halides is 3. The van der Waals surface area contributed by atoms with Gasteiger partial charge in [-0.15, -0.1) is 10.2 Å². The molecule has 1 heterocycles. The molecule has 13 heteroatoms. The number of hydrogen-bond acceptors (Lipinski definition) is 6. The third-order valence-electron chi connectivity index (χ3n) is 3.64. The third kappa shape index (κ3) is 6.42. The SMILES string of the molecule is O=C(CSc1nnc(NC(=O)c2ccccc2Br)s1)Nc1cc(C(F)(F)F)ccc1Cl. The number of aromatic nitrogens is 2. The fourth-order valence-electron chi connectivity index (χ4n) is 2.24. The van der Waals surface area contributed by atoms with Crippen LogP contribution in [0.3, 0.4) is 0 Å². The number of benzene rings is 2. The van der Waals surface area contributed by atoms with Gasteiger partial charge in [-0.3, -0.25) is 14.9 Å². The maximum atomic E-state index is 12.8. The maximum Gasteiger partial charge on any atom is 0.416 e. The van der Waals surface area contributed by atoms with Gasteiger partial charge in [-0.05, 0) is 46.3 Å². The number of carbonyl (C=O) groups excluding carboxylic acids is 2. The molecule has 31 heavy (non-hydrogen) atoms. The molecular formula is C18H11BrClF3N4O2S2. The highest BCUT2D eigenvalue weighted by molar-refractivity contribution is 9.10. The lowest BCUT2D eigenvalue weighted by Crippen LogP contribution is -2.15. The molecule has 0 fully saturated rings. The molecule has 2 amide bonds. The van der Waals surface area contributed by atoms with Crippen molar-refractivity contribution in [3.05, 3.63) is 63.1 Å². The summed E-state index contributed by atoms with van der Waals surface area (Å²) in [6, 6.07) is 9.53. The average Bonchev–Trinajstić information content (AvgIpc) is 3.15. The first-order valence-electron chi connectivity index (χ1n) is 8.32. The number of nitrogens with one attached hydrogen (secondary N) is 2. The number of anilines is 2. The number of nitrogens with zero attached hydrogens (tertiary/aromatic N) is 2. The van der Waals surface area contributed by atoms with Crippen LogP contribution in [-0.4, -0.2) is 27.8 Å². The molecule has 0 bridgehead atoms. The Labute approximate surface area is 195 Å². The summed E-state index contributed by atoms with van der Waals surface area (Å²) in [7, 11) is 0. The molecule has 162 valence electrons. The summed E-state index contributed by atoms with van der Waals surface area (Å²) in [6.45, 7) is 0. The Morgan fingerprint density at radius 1 is 1.13 bits per heavy atom. The topological polar surface area (TPSA) is 84.0 Å². The first-order valence-corrected chi connectivity index (χ1v) is 11.3. The van der Waals surface area contributed by atoms with Gasteiger partial charge in [0.25, 0.3) is 5.91 Å². The minimum absolute atomic E-state index is 0.0145. The highest BCUT2D eigenvalue weighted by atomic mass is 79.9. The Hall–Kier alpha value is -2.15. The molecule has 0 saturated carbocycles. The molecule has 0 saturated heterocycles. The van der Waals surface area contributed by atoms with Crippen LogP contribution in [0.2, 0.25) is 5.02 Å². The summed E-state index contributed by atoms with van der Waals surface area (Å²) in [5.74, 6) is -1.09. The molecule has 2 aromatic carbocycles. The van der Waals surface area contributed by atoms with E-state index in [2.05, 4.69) is 36.8 Å². The van der Waals surface area contributed by atoms with Crippen molar-refractivity contribution in [3.63, 3.8) is 0 Å². The standard InChI is InChI=1S/C18H11BrClF3N4O2S2/c19-11-4-2-1-3-10(11)15(29)25-16-26-27-17(31-16)30-8-14(28)24-13-7-9(18(21,22)23)5-6-12(13)20/h1-7H,8H2,(H,24,28)(H,25,26,29). The molecule has 1 aromatic heterocycles. The summed E-state index contributed by atoms with van der Waals surface area (Å²) in [4.78, 5) is 24.4. The van der Waals surface area contributed by atoms with Crippen LogP contribution in [0.1, 0.15) is 15.9 Å². The van der Waals surface area contributed by atoms with Crippen molar-refractivity contribution in [3.8, 4) is 0 Å². The van der Waals surface area contributed by atoms with Gasteiger partial charge in [0.2, 0.25) is 11.0 Å². The second-order valence-corrected chi connectivity index (χ2v) is 9.30. The van der Waals surface area contributed by atoms with E-state index in [0.717, 1.165) is 41.3 Å².